The third-order valence-corrected chi connectivity index (χ3v) is 6.76. The Hall–Kier alpha value is -2.93. The van der Waals surface area contributed by atoms with Crippen molar-refractivity contribution in [3.63, 3.8) is 0 Å². The Kier molecular flexibility index (Phi) is 6.06. The SMILES string of the molecule is Cc1cc2ccc(OCC(C)CN3CCC(c4noc5c4C=CC(F)C5)CC3)cc2[nH]c1=O. The zero-order valence-electron chi connectivity index (χ0n) is 19.1. The van der Waals surface area contributed by atoms with Crippen LogP contribution < -0.4 is 10.3 Å². The molecule has 174 valence electrons. The van der Waals surface area contributed by atoms with Crippen LogP contribution in [0.15, 0.2) is 39.7 Å². The van der Waals surface area contributed by atoms with Gasteiger partial charge in [0.25, 0.3) is 5.56 Å². The minimum absolute atomic E-state index is 0.0646. The molecule has 6 nitrogen and oxygen atoms in total. The second kappa shape index (κ2) is 9.14. The van der Waals surface area contributed by atoms with Crippen LogP contribution in [0.4, 0.5) is 4.39 Å². The van der Waals surface area contributed by atoms with E-state index in [1.807, 2.05) is 37.3 Å². The van der Waals surface area contributed by atoms with Crippen molar-refractivity contribution in [3.8, 4) is 5.75 Å². The summed E-state index contributed by atoms with van der Waals surface area (Å²) in [5, 5.41) is 5.29. The maximum atomic E-state index is 13.6. The first kappa shape index (κ1) is 21.9. The van der Waals surface area contributed by atoms with E-state index in [0.29, 0.717) is 36.2 Å². The van der Waals surface area contributed by atoms with Crippen LogP contribution in [0.1, 0.15) is 48.3 Å². The molecule has 2 atom stereocenters. The number of pyridine rings is 1. The van der Waals surface area contributed by atoms with Gasteiger partial charge in [0, 0.05) is 42.0 Å². The largest absolute Gasteiger partial charge is 0.493 e. The molecule has 0 saturated carbocycles. The molecule has 3 heterocycles. The van der Waals surface area contributed by atoms with Crippen LogP contribution in [0.3, 0.4) is 0 Å². The van der Waals surface area contributed by atoms with Crippen LogP contribution in [0.5, 0.6) is 5.75 Å². The second-order valence-corrected chi connectivity index (χ2v) is 9.51. The van der Waals surface area contributed by atoms with E-state index in [4.69, 9.17) is 9.26 Å². The summed E-state index contributed by atoms with van der Waals surface area (Å²) in [6, 6.07) is 7.73. The number of aromatic amines is 1. The number of alkyl halides is 1. The van der Waals surface area contributed by atoms with E-state index in [0.717, 1.165) is 60.4 Å². The van der Waals surface area contributed by atoms with Gasteiger partial charge in [0.2, 0.25) is 0 Å². The molecule has 0 radical (unpaired) electrons. The highest BCUT2D eigenvalue weighted by atomic mass is 19.1. The summed E-state index contributed by atoms with van der Waals surface area (Å²) in [5.74, 6) is 2.19. The minimum atomic E-state index is -0.968. The number of rotatable bonds is 6. The summed E-state index contributed by atoms with van der Waals surface area (Å²) in [4.78, 5) is 17.3. The Balaban J connectivity index is 1.12. The van der Waals surface area contributed by atoms with E-state index in [-0.39, 0.29) is 5.56 Å². The molecule has 1 aromatic carbocycles. The van der Waals surface area contributed by atoms with Gasteiger partial charge >= 0.3 is 0 Å². The highest BCUT2D eigenvalue weighted by Crippen LogP contribution is 2.34. The Morgan fingerprint density at radius 2 is 2.12 bits per heavy atom. The Morgan fingerprint density at radius 3 is 2.94 bits per heavy atom. The van der Waals surface area contributed by atoms with E-state index in [1.54, 1.807) is 6.08 Å². The van der Waals surface area contributed by atoms with Gasteiger partial charge in [-0.25, -0.2) is 4.39 Å². The molecule has 2 aromatic heterocycles. The smallest absolute Gasteiger partial charge is 0.251 e. The molecule has 2 aliphatic rings. The molecule has 1 aliphatic heterocycles. The molecule has 5 rings (SSSR count). The molecule has 7 heteroatoms. The number of ether oxygens (including phenoxy) is 1. The summed E-state index contributed by atoms with van der Waals surface area (Å²) in [7, 11) is 0. The summed E-state index contributed by atoms with van der Waals surface area (Å²) in [6.07, 6.45) is 4.82. The number of halogens is 1. The molecular weight excluding hydrogens is 421 g/mol. The fraction of sp³-hybridized carbons (Fsp3) is 0.462. The normalized spacial score (nSPS) is 20.2. The fourth-order valence-corrected chi connectivity index (χ4v) is 4.91. The van der Waals surface area contributed by atoms with Gasteiger partial charge in [-0.1, -0.05) is 18.2 Å². The number of aryl methyl sites for hydroxylation is 1. The number of piperidine rings is 1. The van der Waals surface area contributed by atoms with Gasteiger partial charge in [-0.2, -0.15) is 0 Å². The van der Waals surface area contributed by atoms with Crippen LogP contribution in [0.25, 0.3) is 17.0 Å². The van der Waals surface area contributed by atoms with E-state index < -0.39 is 6.17 Å². The molecule has 0 amide bonds. The number of fused-ring (bicyclic) bond motifs is 2. The number of nitrogens with zero attached hydrogens (tertiary/aromatic N) is 2. The maximum Gasteiger partial charge on any atom is 0.251 e. The molecule has 33 heavy (non-hydrogen) atoms. The summed E-state index contributed by atoms with van der Waals surface area (Å²) in [5.41, 5.74) is 3.43. The van der Waals surface area contributed by atoms with Crippen LogP contribution in [0.2, 0.25) is 0 Å². The van der Waals surface area contributed by atoms with Crippen molar-refractivity contribution in [1.29, 1.82) is 0 Å². The standard InChI is InChI=1S/C26H30FN3O3/c1-16(15-32-21-5-3-19-11-17(2)26(31)28-23(19)13-21)14-30-9-7-18(8-10-30)25-22-6-4-20(27)12-24(22)33-29-25/h3-6,11,13,16,18,20H,7-10,12,14-15H2,1-2H3,(H,28,31). The number of likely N-dealkylation sites (tertiary alicyclic amines) is 1. The van der Waals surface area contributed by atoms with E-state index in [2.05, 4.69) is 22.0 Å². The average molecular weight is 452 g/mol. The highest BCUT2D eigenvalue weighted by molar-refractivity contribution is 5.80. The molecule has 1 saturated heterocycles. The number of aromatic nitrogens is 2. The third kappa shape index (κ3) is 4.74. The number of hydrogen-bond donors (Lipinski definition) is 1. The number of benzene rings is 1. The van der Waals surface area contributed by atoms with Gasteiger partial charge < -0.3 is 19.1 Å². The van der Waals surface area contributed by atoms with Crippen LogP contribution >= 0.6 is 0 Å². The van der Waals surface area contributed by atoms with E-state index >= 15 is 0 Å². The molecular formula is C26H30FN3O3. The lowest BCUT2D eigenvalue weighted by Gasteiger charge is -2.33. The van der Waals surface area contributed by atoms with Crippen molar-refractivity contribution in [2.45, 2.75) is 45.2 Å². The summed E-state index contributed by atoms with van der Waals surface area (Å²) < 4.78 is 25.0. The number of hydrogen-bond acceptors (Lipinski definition) is 5. The van der Waals surface area contributed by atoms with Gasteiger partial charge in [-0.15, -0.1) is 0 Å². The zero-order chi connectivity index (χ0) is 22.9. The minimum Gasteiger partial charge on any atom is -0.493 e. The van der Waals surface area contributed by atoms with Crippen LogP contribution in [-0.4, -0.2) is 47.5 Å². The fourth-order valence-electron chi connectivity index (χ4n) is 4.91. The van der Waals surface area contributed by atoms with Gasteiger partial charge in [-0.3, -0.25) is 4.79 Å². The predicted octanol–water partition coefficient (Wildman–Crippen LogP) is 4.63. The van der Waals surface area contributed by atoms with Gasteiger partial charge in [0.15, 0.2) is 0 Å². The van der Waals surface area contributed by atoms with Crippen molar-refractivity contribution < 1.29 is 13.7 Å². The number of H-pyrrole nitrogens is 1. The monoisotopic (exact) mass is 451 g/mol. The van der Waals surface area contributed by atoms with Crippen LogP contribution in [0, 0.1) is 12.8 Å². The molecule has 0 bridgehead atoms. The first-order valence-corrected chi connectivity index (χ1v) is 11.8. The van der Waals surface area contributed by atoms with E-state index in [1.165, 1.54) is 0 Å². The number of nitrogens with one attached hydrogen (secondary N) is 1. The number of allylic oxidation sites excluding steroid dienone is 1. The van der Waals surface area contributed by atoms with E-state index in [9.17, 15) is 9.18 Å². The molecule has 2 unspecified atom stereocenters. The first-order valence-electron chi connectivity index (χ1n) is 11.8. The summed E-state index contributed by atoms with van der Waals surface area (Å²) in [6.45, 7) is 7.60. The maximum absolute atomic E-state index is 13.6. The second-order valence-electron chi connectivity index (χ2n) is 9.51. The third-order valence-electron chi connectivity index (χ3n) is 6.76. The van der Waals surface area contributed by atoms with Crippen molar-refractivity contribution in [3.05, 3.63) is 63.3 Å². The first-order chi connectivity index (χ1) is 16.0. The quantitative estimate of drug-likeness (QED) is 0.592. The van der Waals surface area contributed by atoms with Crippen molar-refractivity contribution in [1.82, 2.24) is 15.0 Å². The molecule has 1 fully saturated rings. The van der Waals surface area contributed by atoms with Crippen molar-refractivity contribution >= 4 is 17.0 Å². The highest BCUT2D eigenvalue weighted by Gasteiger charge is 2.29. The lowest BCUT2D eigenvalue weighted by Crippen LogP contribution is -2.37. The molecule has 1 N–H and O–H groups in total. The lowest BCUT2D eigenvalue weighted by atomic mass is 9.88. The Bertz CT molecular complexity index is 1220. The average Bonchev–Trinajstić information content (AvgIpc) is 3.22. The van der Waals surface area contributed by atoms with Gasteiger partial charge in [0.1, 0.15) is 17.7 Å². The van der Waals surface area contributed by atoms with Crippen molar-refractivity contribution in [2.75, 3.05) is 26.2 Å². The summed E-state index contributed by atoms with van der Waals surface area (Å²) >= 11 is 0. The molecule has 3 aromatic rings. The molecule has 1 aliphatic carbocycles. The Labute approximate surface area is 192 Å². The van der Waals surface area contributed by atoms with Crippen LogP contribution in [-0.2, 0) is 6.42 Å². The van der Waals surface area contributed by atoms with Crippen molar-refractivity contribution in [2.24, 2.45) is 5.92 Å². The predicted molar refractivity (Wildman–Crippen MR) is 127 cm³/mol. The zero-order valence-corrected chi connectivity index (χ0v) is 19.1. The Morgan fingerprint density at radius 1 is 1.30 bits per heavy atom. The lowest BCUT2D eigenvalue weighted by molar-refractivity contribution is 0.155. The topological polar surface area (TPSA) is 71.4 Å². The molecule has 0 spiro atoms. The van der Waals surface area contributed by atoms with Gasteiger partial charge in [-0.05, 0) is 62.5 Å². The van der Waals surface area contributed by atoms with Gasteiger partial charge in [0.05, 0.1) is 17.8 Å².